The molecule has 2 aliphatic heterocycles. The molecule has 4 nitrogen and oxygen atoms in total. The quantitative estimate of drug-likeness (QED) is 0.584. The molecule has 0 radical (unpaired) electrons. The Kier molecular flexibility index (Phi) is 7.00. The highest BCUT2D eigenvalue weighted by Crippen LogP contribution is 2.44. The fraction of sp³-hybridized carbons (Fsp3) is 0.269. The van der Waals surface area contributed by atoms with Crippen molar-refractivity contribution in [2.75, 3.05) is 32.1 Å². The molecule has 2 N–H and O–H groups in total. The van der Waals surface area contributed by atoms with E-state index in [0.717, 1.165) is 47.7 Å². The fourth-order valence-electron chi connectivity index (χ4n) is 4.24. The standard InChI is InChI=1S/C26H27N3OS2/c1-4-29-15-19(13-17-5-9-20(31-2)10-6-17)25-23(16-29)24(22(14-27)26(28)30-25)18-7-11-21(32-3)12-8-18/h5-13,24H,4,15-16,28H2,1-3H3. The average Bonchev–Trinajstić information content (AvgIpc) is 2.84. The van der Waals surface area contributed by atoms with E-state index in [4.69, 9.17) is 10.5 Å². The summed E-state index contributed by atoms with van der Waals surface area (Å²) in [6.45, 7) is 4.62. The number of nitrogens with zero attached hydrogens (tertiary/aromatic N) is 2. The Morgan fingerprint density at radius 1 is 1.06 bits per heavy atom. The van der Waals surface area contributed by atoms with Crippen molar-refractivity contribution < 1.29 is 4.74 Å². The van der Waals surface area contributed by atoms with Crippen molar-refractivity contribution in [3.63, 3.8) is 0 Å². The predicted octanol–water partition coefficient (Wildman–Crippen LogP) is 5.61. The Labute approximate surface area is 198 Å². The van der Waals surface area contributed by atoms with Crippen molar-refractivity contribution in [1.82, 2.24) is 4.90 Å². The molecule has 0 aromatic heterocycles. The number of hydrogen-bond donors (Lipinski definition) is 1. The van der Waals surface area contributed by atoms with Crippen molar-refractivity contribution in [3.05, 3.63) is 88.0 Å². The number of hydrogen-bond acceptors (Lipinski definition) is 6. The van der Waals surface area contributed by atoms with Crippen molar-refractivity contribution in [1.29, 1.82) is 5.26 Å². The molecule has 2 aromatic carbocycles. The normalized spacial score (nSPS) is 20.2. The minimum Gasteiger partial charge on any atom is -0.440 e. The van der Waals surface area contributed by atoms with Crippen LogP contribution in [0, 0.1) is 11.3 Å². The van der Waals surface area contributed by atoms with Crippen LogP contribution in [0.25, 0.3) is 6.08 Å². The third-order valence-corrected chi connectivity index (χ3v) is 7.45. The first-order valence-corrected chi connectivity index (χ1v) is 13.0. The van der Waals surface area contributed by atoms with Crippen LogP contribution in [0.3, 0.4) is 0 Å². The van der Waals surface area contributed by atoms with Crippen molar-refractivity contribution >= 4 is 29.6 Å². The van der Waals surface area contributed by atoms with Gasteiger partial charge in [-0.05, 0) is 66.1 Å². The van der Waals surface area contributed by atoms with Crippen molar-refractivity contribution in [2.24, 2.45) is 5.73 Å². The van der Waals surface area contributed by atoms with Crippen molar-refractivity contribution in [2.45, 2.75) is 22.6 Å². The molecule has 0 amide bonds. The van der Waals surface area contributed by atoms with E-state index in [0.29, 0.717) is 5.57 Å². The van der Waals surface area contributed by atoms with Gasteiger partial charge in [0, 0.05) is 28.5 Å². The summed E-state index contributed by atoms with van der Waals surface area (Å²) in [5, 5.41) is 9.93. The highest BCUT2D eigenvalue weighted by Gasteiger charge is 2.37. The van der Waals surface area contributed by atoms with Gasteiger partial charge in [-0.15, -0.1) is 23.5 Å². The molecule has 0 saturated heterocycles. The summed E-state index contributed by atoms with van der Waals surface area (Å²) in [5.41, 5.74) is 11.2. The van der Waals surface area contributed by atoms with Gasteiger partial charge in [0.05, 0.1) is 5.92 Å². The highest BCUT2D eigenvalue weighted by molar-refractivity contribution is 7.98. The number of ether oxygens (including phenoxy) is 1. The molecule has 4 rings (SSSR count). The van der Waals surface area contributed by atoms with E-state index < -0.39 is 0 Å². The molecule has 1 atom stereocenters. The van der Waals surface area contributed by atoms with E-state index in [9.17, 15) is 5.26 Å². The molecule has 164 valence electrons. The Bertz CT molecular complexity index is 1130. The second-order valence-corrected chi connectivity index (χ2v) is 9.56. The highest BCUT2D eigenvalue weighted by atomic mass is 32.2. The van der Waals surface area contributed by atoms with Gasteiger partial charge >= 0.3 is 0 Å². The summed E-state index contributed by atoms with van der Waals surface area (Å²) in [7, 11) is 0. The van der Waals surface area contributed by atoms with Gasteiger partial charge in [-0.1, -0.05) is 31.2 Å². The Morgan fingerprint density at radius 3 is 2.25 bits per heavy atom. The summed E-state index contributed by atoms with van der Waals surface area (Å²) in [6, 6.07) is 19.3. The lowest BCUT2D eigenvalue weighted by Gasteiger charge is -2.38. The van der Waals surface area contributed by atoms with Gasteiger partial charge in [0.15, 0.2) is 0 Å². The molecule has 2 heterocycles. The van der Waals surface area contributed by atoms with Gasteiger partial charge in [0.1, 0.15) is 17.4 Å². The van der Waals surface area contributed by atoms with E-state index >= 15 is 0 Å². The van der Waals surface area contributed by atoms with Gasteiger partial charge in [0.2, 0.25) is 5.88 Å². The first-order valence-electron chi connectivity index (χ1n) is 10.6. The number of nitrogens with two attached hydrogens (primary N) is 1. The lowest BCUT2D eigenvalue weighted by Crippen LogP contribution is -2.38. The molecular formula is C26H27N3OS2. The van der Waals surface area contributed by atoms with Crippen LogP contribution in [0.5, 0.6) is 0 Å². The molecule has 1 unspecified atom stereocenters. The zero-order chi connectivity index (χ0) is 22.7. The van der Waals surface area contributed by atoms with Crippen LogP contribution in [-0.2, 0) is 4.74 Å². The van der Waals surface area contributed by atoms with Gasteiger partial charge in [-0.2, -0.15) is 5.26 Å². The number of thioether (sulfide) groups is 2. The summed E-state index contributed by atoms with van der Waals surface area (Å²) < 4.78 is 6.12. The van der Waals surface area contributed by atoms with Crippen LogP contribution in [0.15, 0.2) is 86.7 Å². The SMILES string of the molecule is CCN1CC(=Cc2ccc(SC)cc2)C2=C(C1)C(c1ccc(SC)cc1)C(C#N)=C(N)O2. The minimum absolute atomic E-state index is 0.198. The van der Waals surface area contributed by atoms with Crippen LogP contribution in [-0.4, -0.2) is 37.0 Å². The van der Waals surface area contributed by atoms with Crippen LogP contribution < -0.4 is 5.73 Å². The lowest BCUT2D eigenvalue weighted by atomic mass is 9.80. The zero-order valence-corrected chi connectivity index (χ0v) is 20.2. The molecule has 0 spiro atoms. The van der Waals surface area contributed by atoms with Gasteiger partial charge in [-0.3, -0.25) is 4.90 Å². The lowest BCUT2D eigenvalue weighted by molar-refractivity contribution is 0.239. The monoisotopic (exact) mass is 461 g/mol. The maximum atomic E-state index is 9.93. The van der Waals surface area contributed by atoms with Gasteiger partial charge in [0.25, 0.3) is 0 Å². The van der Waals surface area contributed by atoms with Crippen LogP contribution in [0.2, 0.25) is 0 Å². The summed E-state index contributed by atoms with van der Waals surface area (Å²) in [6.07, 6.45) is 6.32. The molecule has 2 aromatic rings. The van der Waals surface area contributed by atoms with E-state index in [1.165, 1.54) is 9.79 Å². The van der Waals surface area contributed by atoms with Crippen LogP contribution in [0.1, 0.15) is 24.0 Å². The zero-order valence-electron chi connectivity index (χ0n) is 18.6. The first kappa shape index (κ1) is 22.6. The molecular weight excluding hydrogens is 434 g/mol. The first-order chi connectivity index (χ1) is 15.6. The number of benzene rings is 2. The van der Waals surface area contributed by atoms with Gasteiger partial charge < -0.3 is 10.5 Å². The molecule has 0 bridgehead atoms. The maximum Gasteiger partial charge on any atom is 0.205 e. The Hall–Kier alpha value is -2.59. The fourth-order valence-corrected chi connectivity index (χ4v) is 5.06. The molecule has 0 saturated carbocycles. The molecule has 32 heavy (non-hydrogen) atoms. The predicted molar refractivity (Wildman–Crippen MR) is 134 cm³/mol. The number of likely N-dealkylation sites (N-methyl/N-ethyl adjacent to an activating group) is 1. The number of rotatable bonds is 5. The maximum absolute atomic E-state index is 9.93. The minimum atomic E-state index is -0.198. The summed E-state index contributed by atoms with van der Waals surface area (Å²) in [4.78, 5) is 4.81. The Balaban J connectivity index is 1.82. The summed E-state index contributed by atoms with van der Waals surface area (Å²) in [5.74, 6) is 0.828. The van der Waals surface area contributed by atoms with E-state index in [1.54, 1.807) is 23.5 Å². The topological polar surface area (TPSA) is 62.3 Å². The second-order valence-electron chi connectivity index (χ2n) is 7.80. The number of nitriles is 1. The summed E-state index contributed by atoms with van der Waals surface area (Å²) >= 11 is 3.44. The molecule has 0 fully saturated rings. The van der Waals surface area contributed by atoms with Gasteiger partial charge in [-0.25, -0.2) is 0 Å². The third kappa shape index (κ3) is 4.47. The molecule has 6 heteroatoms. The average molecular weight is 462 g/mol. The Morgan fingerprint density at radius 2 is 1.69 bits per heavy atom. The third-order valence-electron chi connectivity index (χ3n) is 5.96. The van der Waals surface area contributed by atoms with Crippen molar-refractivity contribution in [3.8, 4) is 6.07 Å². The van der Waals surface area contributed by atoms with Crippen LogP contribution >= 0.6 is 23.5 Å². The molecule has 0 aliphatic carbocycles. The largest absolute Gasteiger partial charge is 0.440 e. The van der Waals surface area contributed by atoms with E-state index in [2.05, 4.69) is 85.0 Å². The molecule has 2 aliphatic rings. The smallest absolute Gasteiger partial charge is 0.205 e. The van der Waals surface area contributed by atoms with E-state index in [1.807, 2.05) is 0 Å². The van der Waals surface area contributed by atoms with Crippen LogP contribution in [0.4, 0.5) is 0 Å². The number of allylic oxidation sites excluding steroid dienone is 1. The van der Waals surface area contributed by atoms with E-state index in [-0.39, 0.29) is 11.8 Å². The second kappa shape index (κ2) is 9.91.